The molecule has 2 amide bonds. The van der Waals surface area contributed by atoms with Crippen LogP contribution in [0.1, 0.15) is 47.3 Å². The third-order valence-corrected chi connectivity index (χ3v) is 5.22. The summed E-state index contributed by atoms with van der Waals surface area (Å²) >= 11 is 0. The van der Waals surface area contributed by atoms with Gasteiger partial charge in [0.1, 0.15) is 5.82 Å². The van der Waals surface area contributed by atoms with Crippen LogP contribution in [0.2, 0.25) is 0 Å². The molecule has 1 aromatic heterocycles. The second-order valence-corrected chi connectivity index (χ2v) is 7.62. The fraction of sp³-hybridized carbons (Fsp3) is 0.391. The molecule has 1 N–H and O–H groups in total. The molecule has 1 fully saturated rings. The van der Waals surface area contributed by atoms with E-state index >= 15 is 0 Å². The van der Waals surface area contributed by atoms with E-state index in [2.05, 4.69) is 10.3 Å². The molecule has 3 rings (SSSR count). The minimum atomic E-state index is -0.261. The standard InChI is InChI=1S/C23H27N3O3/c1-16-8-10-18(11-9-16)20(27)12-13-22(28)26-14-4-6-19(15-26)23(29)25-21-7-3-5-17(2)24-21/h3,5,7-11,19H,4,6,12-15H2,1-2H3,(H,24,25,29). The first-order chi connectivity index (χ1) is 13.9. The number of benzene rings is 1. The van der Waals surface area contributed by atoms with E-state index in [0.29, 0.717) is 24.5 Å². The number of rotatable bonds is 6. The van der Waals surface area contributed by atoms with Gasteiger partial charge in [0.05, 0.1) is 5.92 Å². The lowest BCUT2D eigenvalue weighted by Crippen LogP contribution is -2.43. The Morgan fingerprint density at radius 1 is 1.07 bits per heavy atom. The lowest BCUT2D eigenvalue weighted by atomic mass is 9.96. The lowest BCUT2D eigenvalue weighted by Gasteiger charge is -2.32. The number of likely N-dealkylation sites (tertiary alicyclic amines) is 1. The molecular formula is C23H27N3O3. The molecule has 1 aliphatic heterocycles. The predicted octanol–water partition coefficient (Wildman–Crippen LogP) is 3.54. The molecule has 6 nitrogen and oxygen atoms in total. The summed E-state index contributed by atoms with van der Waals surface area (Å²) in [7, 11) is 0. The number of carbonyl (C=O) groups excluding carboxylic acids is 3. The van der Waals surface area contributed by atoms with Crippen LogP contribution in [-0.2, 0) is 9.59 Å². The summed E-state index contributed by atoms with van der Waals surface area (Å²) in [6, 6.07) is 12.9. The summed E-state index contributed by atoms with van der Waals surface area (Å²) < 4.78 is 0. The van der Waals surface area contributed by atoms with E-state index < -0.39 is 0 Å². The van der Waals surface area contributed by atoms with Crippen LogP contribution >= 0.6 is 0 Å². The van der Waals surface area contributed by atoms with Gasteiger partial charge in [0.25, 0.3) is 0 Å². The van der Waals surface area contributed by atoms with E-state index in [0.717, 1.165) is 24.1 Å². The maximum atomic E-state index is 12.6. The largest absolute Gasteiger partial charge is 0.342 e. The summed E-state index contributed by atoms with van der Waals surface area (Å²) in [5.41, 5.74) is 2.56. The minimum absolute atomic E-state index is 0.0322. The zero-order valence-electron chi connectivity index (χ0n) is 17.0. The Morgan fingerprint density at radius 3 is 2.55 bits per heavy atom. The molecule has 0 spiro atoms. The monoisotopic (exact) mass is 393 g/mol. The average Bonchev–Trinajstić information content (AvgIpc) is 2.72. The Bertz CT molecular complexity index is 892. The van der Waals surface area contributed by atoms with Crippen molar-refractivity contribution in [2.24, 2.45) is 5.92 Å². The summed E-state index contributed by atoms with van der Waals surface area (Å²) in [6.45, 7) is 4.85. The number of hydrogen-bond acceptors (Lipinski definition) is 4. The molecular weight excluding hydrogens is 366 g/mol. The summed E-state index contributed by atoms with van der Waals surface area (Å²) in [6.07, 6.45) is 1.86. The van der Waals surface area contributed by atoms with Gasteiger partial charge in [-0.25, -0.2) is 4.98 Å². The first-order valence-corrected chi connectivity index (χ1v) is 10.0. The van der Waals surface area contributed by atoms with Crippen molar-refractivity contribution in [3.05, 3.63) is 59.3 Å². The molecule has 152 valence electrons. The van der Waals surface area contributed by atoms with Crippen LogP contribution in [0.15, 0.2) is 42.5 Å². The van der Waals surface area contributed by atoms with Crippen LogP contribution in [0.3, 0.4) is 0 Å². The van der Waals surface area contributed by atoms with Gasteiger partial charge in [-0.2, -0.15) is 0 Å². The molecule has 2 heterocycles. The molecule has 1 saturated heterocycles. The number of Topliss-reactive ketones (excluding diaryl/α,β-unsaturated/α-hetero) is 1. The molecule has 29 heavy (non-hydrogen) atoms. The van der Waals surface area contributed by atoms with Crippen LogP contribution in [0.4, 0.5) is 5.82 Å². The third kappa shape index (κ3) is 5.73. The Kier molecular flexibility index (Phi) is 6.75. The van der Waals surface area contributed by atoms with Gasteiger partial charge in [0.2, 0.25) is 11.8 Å². The van der Waals surface area contributed by atoms with Crippen molar-refractivity contribution in [1.29, 1.82) is 0 Å². The summed E-state index contributed by atoms with van der Waals surface area (Å²) in [5, 5.41) is 2.85. The maximum absolute atomic E-state index is 12.6. The van der Waals surface area contributed by atoms with Gasteiger partial charge in [-0.15, -0.1) is 0 Å². The van der Waals surface area contributed by atoms with Crippen LogP contribution in [0.25, 0.3) is 0 Å². The Labute approximate surface area is 171 Å². The number of piperidine rings is 1. The van der Waals surface area contributed by atoms with Crippen LogP contribution in [-0.4, -0.2) is 40.6 Å². The van der Waals surface area contributed by atoms with Gasteiger partial charge < -0.3 is 10.2 Å². The number of amides is 2. The van der Waals surface area contributed by atoms with Gasteiger partial charge in [-0.3, -0.25) is 14.4 Å². The molecule has 0 aliphatic carbocycles. The number of ketones is 1. The maximum Gasteiger partial charge on any atom is 0.230 e. The zero-order valence-corrected chi connectivity index (χ0v) is 17.0. The number of aryl methyl sites for hydroxylation is 2. The van der Waals surface area contributed by atoms with Crippen molar-refractivity contribution in [2.75, 3.05) is 18.4 Å². The second-order valence-electron chi connectivity index (χ2n) is 7.62. The number of aromatic nitrogens is 1. The van der Waals surface area contributed by atoms with Crippen LogP contribution in [0.5, 0.6) is 0 Å². The molecule has 1 atom stereocenters. The van der Waals surface area contributed by atoms with E-state index in [1.807, 2.05) is 38.1 Å². The fourth-order valence-corrected chi connectivity index (χ4v) is 3.52. The highest BCUT2D eigenvalue weighted by atomic mass is 16.2. The van der Waals surface area contributed by atoms with E-state index in [1.165, 1.54) is 0 Å². The summed E-state index contributed by atoms with van der Waals surface area (Å²) in [5.74, 6) is 0.0492. The van der Waals surface area contributed by atoms with Gasteiger partial charge in [-0.1, -0.05) is 35.9 Å². The van der Waals surface area contributed by atoms with E-state index in [-0.39, 0.29) is 36.4 Å². The first kappa shape index (κ1) is 20.7. The molecule has 1 aromatic carbocycles. The number of nitrogens with one attached hydrogen (secondary N) is 1. The Hall–Kier alpha value is -3.02. The Morgan fingerprint density at radius 2 is 1.83 bits per heavy atom. The van der Waals surface area contributed by atoms with E-state index in [4.69, 9.17) is 0 Å². The van der Waals surface area contributed by atoms with Crippen molar-refractivity contribution >= 4 is 23.4 Å². The van der Waals surface area contributed by atoms with Crippen molar-refractivity contribution in [2.45, 2.75) is 39.5 Å². The normalized spacial score (nSPS) is 16.3. The minimum Gasteiger partial charge on any atom is -0.342 e. The molecule has 1 unspecified atom stereocenters. The number of pyridine rings is 1. The highest BCUT2D eigenvalue weighted by Gasteiger charge is 2.28. The van der Waals surface area contributed by atoms with Gasteiger partial charge >= 0.3 is 0 Å². The molecule has 0 radical (unpaired) electrons. The average molecular weight is 393 g/mol. The van der Waals surface area contributed by atoms with Gasteiger partial charge in [0, 0.05) is 37.2 Å². The number of hydrogen-bond donors (Lipinski definition) is 1. The predicted molar refractivity (Wildman–Crippen MR) is 112 cm³/mol. The van der Waals surface area contributed by atoms with Crippen molar-refractivity contribution in [3.8, 4) is 0 Å². The van der Waals surface area contributed by atoms with Crippen LogP contribution < -0.4 is 5.32 Å². The van der Waals surface area contributed by atoms with Crippen molar-refractivity contribution < 1.29 is 14.4 Å². The number of nitrogens with zero attached hydrogens (tertiary/aromatic N) is 2. The van der Waals surface area contributed by atoms with E-state index in [9.17, 15) is 14.4 Å². The number of carbonyl (C=O) groups is 3. The van der Waals surface area contributed by atoms with Crippen molar-refractivity contribution in [1.82, 2.24) is 9.88 Å². The smallest absolute Gasteiger partial charge is 0.230 e. The van der Waals surface area contributed by atoms with E-state index in [1.54, 1.807) is 23.1 Å². The fourth-order valence-electron chi connectivity index (χ4n) is 3.52. The van der Waals surface area contributed by atoms with Crippen molar-refractivity contribution in [3.63, 3.8) is 0 Å². The molecule has 0 bridgehead atoms. The molecule has 2 aromatic rings. The highest BCUT2D eigenvalue weighted by Crippen LogP contribution is 2.20. The molecule has 1 aliphatic rings. The molecule has 0 saturated carbocycles. The summed E-state index contributed by atoms with van der Waals surface area (Å²) in [4.78, 5) is 43.5. The lowest BCUT2D eigenvalue weighted by molar-refractivity contribution is -0.134. The molecule has 6 heteroatoms. The quantitative estimate of drug-likeness (QED) is 0.762. The highest BCUT2D eigenvalue weighted by molar-refractivity contribution is 5.98. The second kappa shape index (κ2) is 9.45. The third-order valence-electron chi connectivity index (χ3n) is 5.22. The zero-order chi connectivity index (χ0) is 20.8. The first-order valence-electron chi connectivity index (χ1n) is 10.0. The van der Waals surface area contributed by atoms with Gasteiger partial charge in [0.15, 0.2) is 5.78 Å². The SMILES string of the molecule is Cc1ccc(C(=O)CCC(=O)N2CCCC(C(=O)Nc3cccc(C)n3)C2)cc1. The number of anilines is 1. The van der Waals surface area contributed by atoms with Gasteiger partial charge in [-0.05, 0) is 38.8 Å². The Balaban J connectivity index is 1.51. The van der Waals surface area contributed by atoms with Crippen LogP contribution in [0, 0.1) is 19.8 Å². The topological polar surface area (TPSA) is 79.4 Å².